The van der Waals surface area contributed by atoms with E-state index >= 15 is 0 Å². The molecular weight excluding hydrogens is 528 g/mol. The Morgan fingerprint density at radius 1 is 1.03 bits per heavy atom. The van der Waals surface area contributed by atoms with Crippen molar-refractivity contribution in [2.24, 2.45) is 0 Å². The van der Waals surface area contributed by atoms with Crippen LogP contribution in [0.15, 0.2) is 45.7 Å². The molecule has 1 N–H and O–H groups in total. The number of rotatable bonds is 5. The summed E-state index contributed by atoms with van der Waals surface area (Å²) in [6, 6.07) is 8.09. The first-order valence-electron chi connectivity index (χ1n) is 10.3. The van der Waals surface area contributed by atoms with Crippen molar-refractivity contribution in [1.82, 2.24) is 9.97 Å². The van der Waals surface area contributed by atoms with E-state index in [4.69, 9.17) is 4.74 Å². The van der Waals surface area contributed by atoms with Crippen LogP contribution in [0.25, 0.3) is 21.6 Å². The highest BCUT2D eigenvalue weighted by molar-refractivity contribution is 9.10. The monoisotopic (exact) mass is 542 g/mol. The van der Waals surface area contributed by atoms with E-state index in [-0.39, 0.29) is 22.9 Å². The zero-order valence-electron chi connectivity index (χ0n) is 17.4. The molecule has 0 spiro atoms. The molecule has 34 heavy (non-hydrogen) atoms. The Kier molecular flexibility index (Phi) is 5.62. The van der Waals surface area contributed by atoms with Crippen LogP contribution in [0.2, 0.25) is 0 Å². The lowest BCUT2D eigenvalue weighted by Gasteiger charge is -2.12. The Morgan fingerprint density at radius 3 is 2.56 bits per heavy atom. The maximum absolute atomic E-state index is 13.0. The van der Waals surface area contributed by atoms with Gasteiger partial charge >= 0.3 is 5.69 Å². The maximum Gasteiger partial charge on any atom is 0.318 e. The number of thiophene rings is 1. The zero-order chi connectivity index (χ0) is 24.0. The summed E-state index contributed by atoms with van der Waals surface area (Å²) in [5, 5.41) is 23.2. The van der Waals surface area contributed by atoms with Gasteiger partial charge in [0.1, 0.15) is 16.4 Å². The highest BCUT2D eigenvalue weighted by Crippen LogP contribution is 2.40. The smallest absolute Gasteiger partial charge is 0.318 e. The molecule has 0 saturated carbocycles. The van der Waals surface area contributed by atoms with E-state index in [9.17, 15) is 25.0 Å². The van der Waals surface area contributed by atoms with Gasteiger partial charge in [0.15, 0.2) is 0 Å². The molecule has 0 saturated heterocycles. The van der Waals surface area contributed by atoms with Crippen molar-refractivity contribution in [3.8, 4) is 22.9 Å². The average molecular weight is 543 g/mol. The fraction of sp³-hybridized carbons (Fsp3) is 0.182. The van der Waals surface area contributed by atoms with Crippen LogP contribution in [0, 0.1) is 20.2 Å². The molecule has 0 fully saturated rings. The van der Waals surface area contributed by atoms with Gasteiger partial charge in [0.05, 0.1) is 26.9 Å². The van der Waals surface area contributed by atoms with Gasteiger partial charge in [0.25, 0.3) is 11.2 Å². The number of nitrogens with one attached hydrogen (secondary N) is 1. The standard InChI is InChI=1S/C22H15BrN4O6S/c23-11-5-7-16(33-17-8-6-12(26(29)30)10-15(17)27(31)32)14(9-11)20-24-21(28)19-13-3-1-2-4-18(13)34-22(19)25-20/h5-10H,1-4H2,(H,24,25,28). The van der Waals surface area contributed by atoms with Gasteiger partial charge in [-0.2, -0.15) is 0 Å². The molecule has 4 aromatic rings. The highest BCUT2D eigenvalue weighted by atomic mass is 79.9. The summed E-state index contributed by atoms with van der Waals surface area (Å²) in [4.78, 5) is 43.4. The number of benzene rings is 2. The first-order chi connectivity index (χ1) is 16.3. The van der Waals surface area contributed by atoms with Crippen molar-refractivity contribution in [3.05, 3.63) is 81.9 Å². The number of hydrogen-bond donors (Lipinski definition) is 1. The maximum atomic E-state index is 13.0. The van der Waals surface area contributed by atoms with Crippen LogP contribution >= 0.6 is 27.3 Å². The topological polar surface area (TPSA) is 141 Å². The Morgan fingerprint density at radius 2 is 1.79 bits per heavy atom. The van der Waals surface area contributed by atoms with Crippen molar-refractivity contribution < 1.29 is 14.6 Å². The van der Waals surface area contributed by atoms with Crippen LogP contribution in [-0.4, -0.2) is 19.8 Å². The van der Waals surface area contributed by atoms with E-state index < -0.39 is 21.2 Å². The largest absolute Gasteiger partial charge is 0.449 e. The molecule has 0 radical (unpaired) electrons. The molecule has 2 heterocycles. The van der Waals surface area contributed by atoms with Gasteiger partial charge in [0, 0.05) is 15.4 Å². The molecule has 2 aromatic carbocycles. The van der Waals surface area contributed by atoms with E-state index in [1.165, 1.54) is 22.3 Å². The second kappa shape index (κ2) is 8.61. The molecule has 0 unspecified atom stereocenters. The minimum absolute atomic E-state index is 0.172. The lowest BCUT2D eigenvalue weighted by Crippen LogP contribution is -2.11. The van der Waals surface area contributed by atoms with Gasteiger partial charge in [-0.25, -0.2) is 4.98 Å². The Bertz CT molecular complexity index is 1550. The summed E-state index contributed by atoms with van der Waals surface area (Å²) in [6.45, 7) is 0. The molecular formula is C22H15BrN4O6S. The number of aromatic nitrogens is 2. The van der Waals surface area contributed by atoms with Gasteiger partial charge in [-0.15, -0.1) is 11.3 Å². The molecule has 5 rings (SSSR count). The second-order valence-corrected chi connectivity index (χ2v) is 9.71. The fourth-order valence-corrected chi connectivity index (χ4v) is 5.66. The van der Waals surface area contributed by atoms with Gasteiger partial charge in [-0.3, -0.25) is 25.0 Å². The second-order valence-electron chi connectivity index (χ2n) is 7.71. The Balaban J connectivity index is 1.63. The number of H-pyrrole nitrogens is 1. The molecule has 0 bridgehead atoms. The summed E-state index contributed by atoms with van der Waals surface area (Å²) >= 11 is 4.91. The predicted octanol–water partition coefficient (Wildman–Crippen LogP) is 5.90. The van der Waals surface area contributed by atoms with Crippen molar-refractivity contribution in [2.45, 2.75) is 25.7 Å². The summed E-state index contributed by atoms with van der Waals surface area (Å²) in [7, 11) is 0. The summed E-state index contributed by atoms with van der Waals surface area (Å²) < 4.78 is 6.52. The van der Waals surface area contributed by atoms with Gasteiger partial charge < -0.3 is 9.72 Å². The van der Waals surface area contributed by atoms with E-state index in [2.05, 4.69) is 25.9 Å². The van der Waals surface area contributed by atoms with Gasteiger partial charge in [-0.05, 0) is 55.5 Å². The van der Waals surface area contributed by atoms with E-state index in [1.807, 2.05) is 0 Å². The number of aromatic amines is 1. The number of nitro groups is 2. The van der Waals surface area contributed by atoms with E-state index in [0.717, 1.165) is 43.4 Å². The SMILES string of the molecule is O=c1[nH]c(-c2cc(Br)ccc2Oc2ccc([N+](=O)[O-])cc2[N+](=O)[O-])nc2sc3c(c12)CCCC3. The first kappa shape index (κ1) is 22.2. The third kappa shape index (κ3) is 3.94. The molecule has 1 aliphatic carbocycles. The molecule has 10 nitrogen and oxygen atoms in total. The molecule has 2 aromatic heterocycles. The van der Waals surface area contributed by atoms with E-state index in [0.29, 0.717) is 20.3 Å². The normalized spacial score (nSPS) is 13.0. The number of fused-ring (bicyclic) bond motifs is 3. The highest BCUT2D eigenvalue weighted by Gasteiger charge is 2.24. The number of nitro benzene ring substituents is 2. The zero-order valence-corrected chi connectivity index (χ0v) is 19.8. The van der Waals surface area contributed by atoms with Crippen LogP contribution in [0.4, 0.5) is 11.4 Å². The van der Waals surface area contributed by atoms with Crippen LogP contribution < -0.4 is 10.3 Å². The first-order valence-corrected chi connectivity index (χ1v) is 11.9. The molecule has 1 aliphatic rings. The van der Waals surface area contributed by atoms with Gasteiger partial charge in [0.2, 0.25) is 5.75 Å². The molecule has 0 aliphatic heterocycles. The number of non-ortho nitro benzene ring substituents is 1. The number of hydrogen-bond acceptors (Lipinski definition) is 8. The van der Waals surface area contributed by atoms with Crippen LogP contribution in [0.1, 0.15) is 23.3 Å². The molecule has 0 amide bonds. The number of nitrogens with zero attached hydrogens (tertiary/aromatic N) is 3. The molecule has 12 heteroatoms. The van der Waals surface area contributed by atoms with Gasteiger partial charge in [-0.1, -0.05) is 15.9 Å². The lowest BCUT2D eigenvalue weighted by molar-refractivity contribution is -0.394. The Labute approximate surface area is 203 Å². The van der Waals surface area contributed by atoms with Crippen molar-refractivity contribution >= 4 is 48.9 Å². The minimum Gasteiger partial charge on any atom is -0.449 e. The fourth-order valence-electron chi connectivity index (χ4n) is 4.03. The predicted molar refractivity (Wildman–Crippen MR) is 130 cm³/mol. The van der Waals surface area contributed by atoms with Crippen LogP contribution in [-0.2, 0) is 12.8 Å². The third-order valence-electron chi connectivity index (χ3n) is 5.59. The summed E-state index contributed by atoms with van der Waals surface area (Å²) in [5.74, 6) is 0.287. The van der Waals surface area contributed by atoms with Crippen molar-refractivity contribution in [1.29, 1.82) is 0 Å². The number of ether oxygens (including phenoxy) is 1. The van der Waals surface area contributed by atoms with Crippen molar-refractivity contribution in [2.75, 3.05) is 0 Å². The number of halogens is 1. The third-order valence-corrected chi connectivity index (χ3v) is 7.27. The lowest BCUT2D eigenvalue weighted by atomic mass is 9.97. The minimum atomic E-state index is -0.747. The molecule has 0 atom stereocenters. The van der Waals surface area contributed by atoms with Crippen LogP contribution in [0.3, 0.4) is 0 Å². The average Bonchev–Trinajstić information content (AvgIpc) is 3.19. The molecule has 172 valence electrons. The quantitative estimate of drug-likeness (QED) is 0.244. The van der Waals surface area contributed by atoms with E-state index in [1.54, 1.807) is 18.2 Å². The van der Waals surface area contributed by atoms with Crippen molar-refractivity contribution in [3.63, 3.8) is 0 Å². The van der Waals surface area contributed by atoms with Crippen LogP contribution in [0.5, 0.6) is 11.5 Å². The summed E-state index contributed by atoms with van der Waals surface area (Å²) in [6.07, 6.45) is 3.91. The number of aryl methyl sites for hydroxylation is 2. The Hall–Kier alpha value is -3.64. The summed E-state index contributed by atoms with van der Waals surface area (Å²) in [5.41, 5.74) is 0.261.